The van der Waals surface area contributed by atoms with Gasteiger partial charge in [0.15, 0.2) is 0 Å². The highest BCUT2D eigenvalue weighted by Crippen LogP contribution is 2.44. The average Bonchev–Trinajstić information content (AvgIpc) is 2.30. The van der Waals surface area contributed by atoms with E-state index in [4.69, 9.17) is 4.74 Å². The van der Waals surface area contributed by atoms with Gasteiger partial charge in [0.05, 0.1) is 7.11 Å². The Bertz CT molecular complexity index is 439. The van der Waals surface area contributed by atoms with Gasteiger partial charge in [-0.05, 0) is 67.7 Å². The second kappa shape index (κ2) is 4.93. The van der Waals surface area contributed by atoms with Gasteiger partial charge in [0.2, 0.25) is 0 Å². The van der Waals surface area contributed by atoms with Crippen LogP contribution >= 0.6 is 0 Å². The Balaban J connectivity index is 2.34. The van der Waals surface area contributed by atoms with E-state index in [1.807, 2.05) is 0 Å². The summed E-state index contributed by atoms with van der Waals surface area (Å²) in [4.78, 5) is 0. The Kier molecular flexibility index (Phi) is 3.67. The van der Waals surface area contributed by atoms with Crippen molar-refractivity contribution in [1.29, 1.82) is 0 Å². The van der Waals surface area contributed by atoms with Crippen LogP contribution in [0.3, 0.4) is 0 Å². The molecule has 0 heterocycles. The first-order valence-electron chi connectivity index (χ1n) is 6.77. The summed E-state index contributed by atoms with van der Waals surface area (Å²) in [5.74, 6) is 1.00. The zero-order valence-corrected chi connectivity index (χ0v) is 12.0. The van der Waals surface area contributed by atoms with Crippen molar-refractivity contribution in [2.45, 2.75) is 46.5 Å². The van der Waals surface area contributed by atoms with Gasteiger partial charge in [0.25, 0.3) is 0 Å². The molecule has 0 aliphatic heterocycles. The molecule has 2 heteroatoms. The van der Waals surface area contributed by atoms with Crippen molar-refractivity contribution in [2.24, 2.45) is 5.41 Å². The summed E-state index contributed by atoms with van der Waals surface area (Å²) in [7, 11) is 1.73. The highest BCUT2D eigenvalue weighted by molar-refractivity contribution is 5.49. The average molecular weight is 248 g/mol. The molecule has 0 radical (unpaired) electrons. The number of benzene rings is 1. The molecule has 2 rings (SSSR count). The summed E-state index contributed by atoms with van der Waals surface area (Å²) in [6.07, 6.45) is 4.58. The van der Waals surface area contributed by atoms with Crippen LogP contribution in [0.15, 0.2) is 6.07 Å². The monoisotopic (exact) mass is 248 g/mol. The molecule has 0 bridgehead atoms. The summed E-state index contributed by atoms with van der Waals surface area (Å²) in [6.45, 7) is 6.70. The summed E-state index contributed by atoms with van der Waals surface area (Å²) in [5.41, 5.74) is 5.28. The van der Waals surface area contributed by atoms with Crippen molar-refractivity contribution < 1.29 is 9.84 Å². The van der Waals surface area contributed by atoms with E-state index in [9.17, 15) is 5.11 Å². The van der Waals surface area contributed by atoms with Gasteiger partial charge in [-0.2, -0.15) is 0 Å². The quantitative estimate of drug-likeness (QED) is 0.885. The fourth-order valence-electron chi connectivity index (χ4n) is 3.11. The van der Waals surface area contributed by atoms with Gasteiger partial charge in [-0.15, -0.1) is 0 Å². The third-order valence-electron chi connectivity index (χ3n) is 4.65. The smallest absolute Gasteiger partial charge is 0.124 e. The number of aryl methyl sites for hydroxylation is 1. The van der Waals surface area contributed by atoms with Crippen molar-refractivity contribution in [2.75, 3.05) is 13.7 Å². The zero-order valence-electron chi connectivity index (χ0n) is 12.0. The lowest BCUT2D eigenvalue weighted by Gasteiger charge is -2.41. The minimum atomic E-state index is 0.151. The van der Waals surface area contributed by atoms with Gasteiger partial charge in [-0.3, -0.25) is 0 Å². The zero-order chi connectivity index (χ0) is 13.3. The lowest BCUT2D eigenvalue weighted by molar-refractivity contribution is 0.0448. The normalized spacial score (nSPS) is 17.4. The molecule has 1 aromatic rings. The van der Waals surface area contributed by atoms with Crippen molar-refractivity contribution in [3.05, 3.63) is 28.3 Å². The molecular formula is C16H24O2. The summed E-state index contributed by atoms with van der Waals surface area (Å²) in [6, 6.07) is 2.23. The first-order valence-corrected chi connectivity index (χ1v) is 6.77. The molecule has 1 aromatic carbocycles. The Labute approximate surface area is 110 Å². The minimum Gasteiger partial charge on any atom is -0.496 e. The standard InChI is InChI=1S/C16H24O2/c1-11-8-14(9-16(10-17)6-5-7-16)12(2)13(3)15(11)18-4/h8,17H,5-7,9-10H2,1-4H3. The molecule has 1 saturated carbocycles. The Morgan fingerprint density at radius 1 is 1.22 bits per heavy atom. The fraction of sp³-hybridized carbons (Fsp3) is 0.625. The highest BCUT2D eigenvalue weighted by atomic mass is 16.5. The molecule has 0 amide bonds. The third kappa shape index (κ3) is 2.14. The lowest BCUT2D eigenvalue weighted by atomic mass is 9.65. The molecular weight excluding hydrogens is 224 g/mol. The number of hydrogen-bond acceptors (Lipinski definition) is 2. The minimum absolute atomic E-state index is 0.151. The predicted molar refractivity (Wildman–Crippen MR) is 74.3 cm³/mol. The summed E-state index contributed by atoms with van der Waals surface area (Å²) < 4.78 is 5.46. The molecule has 0 aromatic heterocycles. The number of aliphatic hydroxyl groups excluding tert-OH is 1. The largest absolute Gasteiger partial charge is 0.496 e. The number of rotatable bonds is 4. The third-order valence-corrected chi connectivity index (χ3v) is 4.65. The maximum Gasteiger partial charge on any atom is 0.124 e. The summed E-state index contributed by atoms with van der Waals surface area (Å²) >= 11 is 0. The number of ether oxygens (including phenoxy) is 1. The lowest BCUT2D eigenvalue weighted by Crippen LogP contribution is -2.35. The fourth-order valence-corrected chi connectivity index (χ4v) is 3.11. The van der Waals surface area contributed by atoms with Crippen LogP contribution in [0.5, 0.6) is 5.75 Å². The van der Waals surface area contributed by atoms with Gasteiger partial charge >= 0.3 is 0 Å². The van der Waals surface area contributed by atoms with Crippen LogP contribution in [0.2, 0.25) is 0 Å². The van der Waals surface area contributed by atoms with Crippen LogP contribution in [-0.2, 0) is 6.42 Å². The predicted octanol–water partition coefficient (Wildman–Crippen LogP) is 3.33. The second-order valence-electron chi connectivity index (χ2n) is 5.82. The Morgan fingerprint density at radius 2 is 1.89 bits per heavy atom. The molecule has 1 aliphatic rings. The van der Waals surface area contributed by atoms with Gasteiger partial charge in [0.1, 0.15) is 5.75 Å². The highest BCUT2D eigenvalue weighted by Gasteiger charge is 2.36. The van der Waals surface area contributed by atoms with Gasteiger partial charge in [-0.25, -0.2) is 0 Å². The second-order valence-corrected chi connectivity index (χ2v) is 5.82. The number of aliphatic hydroxyl groups is 1. The van der Waals surface area contributed by atoms with Crippen LogP contribution in [0.25, 0.3) is 0 Å². The van der Waals surface area contributed by atoms with Crippen LogP contribution < -0.4 is 4.74 Å². The Hall–Kier alpha value is -1.02. The Morgan fingerprint density at radius 3 is 2.33 bits per heavy atom. The van der Waals surface area contributed by atoms with Crippen molar-refractivity contribution in [3.8, 4) is 5.75 Å². The first-order chi connectivity index (χ1) is 8.53. The van der Waals surface area contributed by atoms with E-state index in [2.05, 4.69) is 26.8 Å². The molecule has 100 valence electrons. The van der Waals surface area contributed by atoms with Gasteiger partial charge in [0, 0.05) is 6.61 Å². The van der Waals surface area contributed by atoms with E-state index in [0.717, 1.165) is 25.0 Å². The maximum absolute atomic E-state index is 9.60. The molecule has 1 N–H and O–H groups in total. The van der Waals surface area contributed by atoms with E-state index in [0.29, 0.717) is 6.61 Å². The van der Waals surface area contributed by atoms with Crippen LogP contribution in [-0.4, -0.2) is 18.8 Å². The van der Waals surface area contributed by atoms with Crippen LogP contribution in [0, 0.1) is 26.2 Å². The number of hydrogen-bond donors (Lipinski definition) is 1. The van der Waals surface area contributed by atoms with Crippen molar-refractivity contribution >= 4 is 0 Å². The van der Waals surface area contributed by atoms with Crippen LogP contribution in [0.4, 0.5) is 0 Å². The van der Waals surface area contributed by atoms with E-state index < -0.39 is 0 Å². The maximum atomic E-state index is 9.60. The SMILES string of the molecule is COc1c(C)cc(CC2(CO)CCC2)c(C)c1C. The molecule has 18 heavy (non-hydrogen) atoms. The molecule has 0 unspecified atom stereocenters. The van der Waals surface area contributed by atoms with Gasteiger partial charge in [-0.1, -0.05) is 12.5 Å². The molecule has 1 aliphatic carbocycles. The molecule has 0 spiro atoms. The first kappa shape index (κ1) is 13.4. The molecule has 0 atom stereocenters. The van der Waals surface area contributed by atoms with E-state index >= 15 is 0 Å². The van der Waals surface area contributed by atoms with Gasteiger partial charge < -0.3 is 9.84 Å². The molecule has 0 saturated heterocycles. The van der Waals surface area contributed by atoms with Crippen LogP contribution in [0.1, 0.15) is 41.5 Å². The topological polar surface area (TPSA) is 29.5 Å². The molecule has 2 nitrogen and oxygen atoms in total. The van der Waals surface area contributed by atoms with Crippen molar-refractivity contribution in [1.82, 2.24) is 0 Å². The van der Waals surface area contributed by atoms with Crippen molar-refractivity contribution in [3.63, 3.8) is 0 Å². The molecule has 1 fully saturated rings. The number of methoxy groups -OCH3 is 1. The van der Waals surface area contributed by atoms with E-state index in [-0.39, 0.29) is 5.41 Å². The van der Waals surface area contributed by atoms with E-state index in [1.54, 1.807) is 7.11 Å². The summed E-state index contributed by atoms with van der Waals surface area (Å²) in [5, 5.41) is 9.60. The van der Waals surface area contributed by atoms with E-state index in [1.165, 1.54) is 28.7 Å².